The normalized spacial score (nSPS) is 12.2. The molecule has 0 heterocycles. The predicted octanol–water partition coefficient (Wildman–Crippen LogP) is 6.84. The molecule has 0 aliphatic heterocycles. The van der Waals surface area contributed by atoms with Crippen molar-refractivity contribution in [1.82, 2.24) is 5.32 Å². The molecular weight excluding hydrogens is 386 g/mol. The smallest absolute Gasteiger partial charge is 0.326 e. The van der Waals surface area contributed by atoms with E-state index in [0.29, 0.717) is 12.8 Å². The molecule has 4 heteroatoms. The minimum absolute atomic E-state index is 0.166. The number of aliphatic carboxylic acids is 1. The van der Waals surface area contributed by atoms with Crippen molar-refractivity contribution in [3.63, 3.8) is 0 Å². The summed E-state index contributed by atoms with van der Waals surface area (Å²) in [6.07, 6.45) is 21.2. The van der Waals surface area contributed by atoms with Crippen LogP contribution in [0.5, 0.6) is 0 Å². The number of nitrogens with one attached hydrogen (secondary N) is 1. The van der Waals surface area contributed by atoms with E-state index >= 15 is 0 Å². The van der Waals surface area contributed by atoms with Crippen molar-refractivity contribution in [3.05, 3.63) is 48.0 Å². The fourth-order valence-corrected chi connectivity index (χ4v) is 3.67. The number of carboxylic acid groups (broad SMARTS) is 1. The van der Waals surface area contributed by atoms with E-state index in [1.807, 2.05) is 30.3 Å². The van der Waals surface area contributed by atoms with Gasteiger partial charge in [0.2, 0.25) is 5.91 Å². The highest BCUT2D eigenvalue weighted by molar-refractivity contribution is 5.83. The zero-order valence-electron chi connectivity index (χ0n) is 19.5. The Bertz CT molecular complexity index is 612. The second kappa shape index (κ2) is 18.7. The van der Waals surface area contributed by atoms with Crippen LogP contribution in [0, 0.1) is 0 Å². The molecule has 1 amide bonds. The molecule has 1 rings (SSSR count). The van der Waals surface area contributed by atoms with Crippen LogP contribution in [-0.2, 0) is 16.0 Å². The summed E-state index contributed by atoms with van der Waals surface area (Å²) in [6, 6.07) is 8.55. The first kappa shape index (κ1) is 26.9. The third-order valence-corrected chi connectivity index (χ3v) is 5.58. The van der Waals surface area contributed by atoms with Gasteiger partial charge in [0.15, 0.2) is 0 Å². The topological polar surface area (TPSA) is 66.4 Å². The van der Waals surface area contributed by atoms with E-state index in [4.69, 9.17) is 0 Å². The largest absolute Gasteiger partial charge is 0.480 e. The molecule has 2 N–H and O–H groups in total. The first-order valence-electron chi connectivity index (χ1n) is 12.3. The zero-order chi connectivity index (χ0) is 22.6. The maximum absolute atomic E-state index is 12.1. The molecule has 4 nitrogen and oxygen atoms in total. The molecule has 0 aliphatic carbocycles. The van der Waals surface area contributed by atoms with E-state index in [1.54, 1.807) is 0 Å². The number of unbranched alkanes of at least 4 members (excludes halogenated alkanes) is 11. The molecule has 0 saturated heterocycles. The summed E-state index contributed by atoms with van der Waals surface area (Å²) in [5.74, 6) is -1.15. The fraction of sp³-hybridized carbons (Fsp3) is 0.630. The summed E-state index contributed by atoms with van der Waals surface area (Å²) < 4.78 is 0. The third kappa shape index (κ3) is 15.4. The fourth-order valence-electron chi connectivity index (χ4n) is 3.67. The maximum Gasteiger partial charge on any atom is 0.326 e. The summed E-state index contributed by atoms with van der Waals surface area (Å²) in [4.78, 5) is 23.5. The Hall–Kier alpha value is -2.10. The SMILES string of the molecule is CCCCCCCC/C=C\CCCCCCCC(=O)NC(Cc1ccccc1)C(=O)O. The van der Waals surface area contributed by atoms with E-state index < -0.39 is 12.0 Å². The van der Waals surface area contributed by atoms with Crippen molar-refractivity contribution in [2.45, 2.75) is 109 Å². The molecule has 0 fully saturated rings. The van der Waals surface area contributed by atoms with Crippen LogP contribution >= 0.6 is 0 Å². The molecule has 0 aliphatic rings. The first-order chi connectivity index (χ1) is 15.1. The quantitative estimate of drug-likeness (QED) is 0.187. The molecule has 31 heavy (non-hydrogen) atoms. The van der Waals surface area contributed by atoms with E-state index in [-0.39, 0.29) is 5.91 Å². The van der Waals surface area contributed by atoms with Gasteiger partial charge in [-0.05, 0) is 37.7 Å². The summed E-state index contributed by atoms with van der Waals surface area (Å²) in [5.41, 5.74) is 0.913. The van der Waals surface area contributed by atoms with Crippen LogP contribution in [-0.4, -0.2) is 23.0 Å². The van der Waals surface area contributed by atoms with E-state index in [0.717, 1.165) is 31.2 Å². The summed E-state index contributed by atoms with van der Waals surface area (Å²) in [7, 11) is 0. The van der Waals surface area contributed by atoms with Gasteiger partial charge >= 0.3 is 5.97 Å². The second-order valence-electron chi connectivity index (χ2n) is 8.48. The number of hydrogen-bond acceptors (Lipinski definition) is 2. The molecule has 0 bridgehead atoms. The lowest BCUT2D eigenvalue weighted by atomic mass is 10.1. The summed E-state index contributed by atoms with van der Waals surface area (Å²) in [6.45, 7) is 2.25. The zero-order valence-corrected chi connectivity index (χ0v) is 19.5. The van der Waals surface area contributed by atoms with Crippen LogP contribution in [0.25, 0.3) is 0 Å². The highest BCUT2D eigenvalue weighted by Gasteiger charge is 2.19. The van der Waals surface area contributed by atoms with Crippen LogP contribution in [0.3, 0.4) is 0 Å². The van der Waals surface area contributed by atoms with Gasteiger partial charge < -0.3 is 10.4 Å². The van der Waals surface area contributed by atoms with Gasteiger partial charge in [-0.2, -0.15) is 0 Å². The lowest BCUT2D eigenvalue weighted by Crippen LogP contribution is -2.42. The Labute approximate surface area is 189 Å². The molecular formula is C27H43NO3. The number of carboxylic acids is 1. The summed E-state index contributed by atoms with van der Waals surface area (Å²) in [5, 5.41) is 12.0. The van der Waals surface area contributed by atoms with Gasteiger partial charge in [0.05, 0.1) is 0 Å². The van der Waals surface area contributed by atoms with Crippen LogP contribution in [0.1, 0.15) is 102 Å². The standard InChI is InChI=1S/C27H43NO3/c1-2-3-4-5-6-7-8-9-10-11-12-13-14-15-19-22-26(29)28-25(27(30)31)23-24-20-17-16-18-21-24/h9-10,16-18,20-21,25H,2-8,11-15,19,22-23H2,1H3,(H,28,29)(H,30,31)/b10-9-. The van der Waals surface area contributed by atoms with Crippen molar-refractivity contribution >= 4 is 11.9 Å². The number of amides is 1. The highest BCUT2D eigenvalue weighted by Crippen LogP contribution is 2.10. The van der Waals surface area contributed by atoms with Gasteiger partial charge in [0, 0.05) is 12.8 Å². The van der Waals surface area contributed by atoms with E-state index in [2.05, 4.69) is 24.4 Å². The second-order valence-corrected chi connectivity index (χ2v) is 8.48. The van der Waals surface area contributed by atoms with Crippen LogP contribution < -0.4 is 5.32 Å². The lowest BCUT2D eigenvalue weighted by molar-refractivity contribution is -0.141. The monoisotopic (exact) mass is 429 g/mol. The number of hydrogen-bond donors (Lipinski definition) is 2. The molecule has 1 aromatic carbocycles. The van der Waals surface area contributed by atoms with Gasteiger partial charge in [0.25, 0.3) is 0 Å². The number of carbonyl (C=O) groups is 2. The van der Waals surface area contributed by atoms with Crippen molar-refractivity contribution < 1.29 is 14.7 Å². The average molecular weight is 430 g/mol. The third-order valence-electron chi connectivity index (χ3n) is 5.58. The average Bonchev–Trinajstić information content (AvgIpc) is 2.76. The number of carbonyl (C=O) groups excluding carboxylic acids is 1. The predicted molar refractivity (Wildman–Crippen MR) is 129 cm³/mol. The van der Waals surface area contributed by atoms with Crippen LogP contribution in [0.15, 0.2) is 42.5 Å². The Morgan fingerprint density at radius 3 is 1.97 bits per heavy atom. The van der Waals surface area contributed by atoms with Gasteiger partial charge in [-0.1, -0.05) is 101 Å². The molecule has 0 radical (unpaired) electrons. The van der Waals surface area contributed by atoms with Gasteiger partial charge in [-0.3, -0.25) is 4.79 Å². The Balaban J connectivity index is 2.00. The van der Waals surface area contributed by atoms with Gasteiger partial charge in [-0.25, -0.2) is 4.79 Å². The first-order valence-corrected chi connectivity index (χ1v) is 12.3. The minimum Gasteiger partial charge on any atom is -0.480 e. The van der Waals surface area contributed by atoms with Crippen molar-refractivity contribution in [2.75, 3.05) is 0 Å². The highest BCUT2D eigenvalue weighted by atomic mass is 16.4. The van der Waals surface area contributed by atoms with Gasteiger partial charge in [0.1, 0.15) is 6.04 Å². The molecule has 0 aromatic heterocycles. The van der Waals surface area contributed by atoms with E-state index in [1.165, 1.54) is 57.8 Å². The molecule has 0 spiro atoms. The molecule has 1 unspecified atom stereocenters. The number of benzene rings is 1. The number of rotatable bonds is 19. The molecule has 174 valence electrons. The molecule has 0 saturated carbocycles. The summed E-state index contributed by atoms with van der Waals surface area (Å²) >= 11 is 0. The Kier molecular flexibility index (Phi) is 16.2. The van der Waals surface area contributed by atoms with Crippen LogP contribution in [0.4, 0.5) is 0 Å². The lowest BCUT2D eigenvalue weighted by Gasteiger charge is -2.14. The number of allylic oxidation sites excluding steroid dienone is 2. The maximum atomic E-state index is 12.1. The van der Waals surface area contributed by atoms with Crippen LogP contribution in [0.2, 0.25) is 0 Å². The van der Waals surface area contributed by atoms with Crippen molar-refractivity contribution in [2.24, 2.45) is 0 Å². The molecule has 1 atom stereocenters. The Morgan fingerprint density at radius 2 is 1.39 bits per heavy atom. The Morgan fingerprint density at radius 1 is 0.839 bits per heavy atom. The van der Waals surface area contributed by atoms with Crippen molar-refractivity contribution in [3.8, 4) is 0 Å². The van der Waals surface area contributed by atoms with E-state index in [9.17, 15) is 14.7 Å². The van der Waals surface area contributed by atoms with Gasteiger partial charge in [-0.15, -0.1) is 0 Å². The van der Waals surface area contributed by atoms with Crippen molar-refractivity contribution in [1.29, 1.82) is 0 Å². The molecule has 1 aromatic rings. The minimum atomic E-state index is -0.984.